The Morgan fingerprint density at radius 1 is 1.31 bits per heavy atom. The normalized spacial score (nSPS) is 9.92. The number of H-pyrrole nitrogens is 1. The first kappa shape index (κ1) is 7.79. The summed E-state index contributed by atoms with van der Waals surface area (Å²) in [5.74, 6) is 0.742. The van der Waals surface area contributed by atoms with Gasteiger partial charge in [0.2, 0.25) is 0 Å². The summed E-state index contributed by atoms with van der Waals surface area (Å²) in [7, 11) is 1.62. The number of aromatic amines is 1. The monoisotopic (exact) mass is 175 g/mol. The molecule has 0 aliphatic carbocycles. The lowest BCUT2D eigenvalue weighted by Crippen LogP contribution is -1.90. The molecule has 4 nitrogen and oxygen atoms in total. The van der Waals surface area contributed by atoms with Crippen LogP contribution in [0, 0.1) is 0 Å². The molecule has 0 bridgehead atoms. The van der Waals surface area contributed by atoms with Gasteiger partial charge < -0.3 is 4.74 Å². The quantitative estimate of drug-likeness (QED) is 0.752. The zero-order valence-corrected chi connectivity index (χ0v) is 7.19. The Kier molecular flexibility index (Phi) is 1.96. The first-order valence-corrected chi connectivity index (χ1v) is 3.90. The van der Waals surface area contributed by atoms with Gasteiger partial charge in [-0.05, 0) is 18.2 Å². The standard InChI is InChI=1S/C9H9N3O/c1-13-8-3-2-5-10-9(8)7-4-6-11-12-7/h2-6H,1H3,(H,11,12). The van der Waals surface area contributed by atoms with Crippen molar-refractivity contribution in [3.63, 3.8) is 0 Å². The van der Waals surface area contributed by atoms with Gasteiger partial charge in [0.25, 0.3) is 0 Å². The summed E-state index contributed by atoms with van der Waals surface area (Å²) in [6, 6.07) is 5.55. The van der Waals surface area contributed by atoms with E-state index in [1.54, 1.807) is 19.5 Å². The SMILES string of the molecule is COc1cccnc1-c1ccn[nH]1. The first-order valence-electron chi connectivity index (χ1n) is 3.90. The van der Waals surface area contributed by atoms with Crippen molar-refractivity contribution in [3.8, 4) is 17.1 Å². The average Bonchev–Trinajstić information content (AvgIpc) is 2.70. The van der Waals surface area contributed by atoms with E-state index in [1.807, 2.05) is 18.2 Å². The molecule has 0 saturated heterocycles. The molecule has 0 aliphatic heterocycles. The molecule has 2 aromatic rings. The Morgan fingerprint density at radius 2 is 2.23 bits per heavy atom. The van der Waals surface area contributed by atoms with E-state index in [9.17, 15) is 0 Å². The number of aromatic nitrogens is 3. The summed E-state index contributed by atoms with van der Waals surface area (Å²) in [5, 5.41) is 6.69. The van der Waals surface area contributed by atoms with Gasteiger partial charge in [0, 0.05) is 12.4 Å². The van der Waals surface area contributed by atoms with Crippen molar-refractivity contribution in [1.82, 2.24) is 15.2 Å². The van der Waals surface area contributed by atoms with Gasteiger partial charge in [0.1, 0.15) is 11.4 Å². The van der Waals surface area contributed by atoms with Crippen LogP contribution in [0.15, 0.2) is 30.6 Å². The molecule has 0 spiro atoms. The van der Waals surface area contributed by atoms with Gasteiger partial charge in [-0.25, -0.2) is 0 Å². The summed E-state index contributed by atoms with van der Waals surface area (Å²) in [5.41, 5.74) is 1.64. The molecule has 0 fully saturated rings. The van der Waals surface area contributed by atoms with Crippen molar-refractivity contribution in [3.05, 3.63) is 30.6 Å². The molecule has 2 rings (SSSR count). The lowest BCUT2D eigenvalue weighted by molar-refractivity contribution is 0.414. The van der Waals surface area contributed by atoms with Crippen molar-refractivity contribution in [2.75, 3.05) is 7.11 Å². The molecule has 0 aromatic carbocycles. The van der Waals surface area contributed by atoms with Crippen molar-refractivity contribution < 1.29 is 4.74 Å². The van der Waals surface area contributed by atoms with Gasteiger partial charge in [-0.15, -0.1) is 0 Å². The minimum absolute atomic E-state index is 0.742. The summed E-state index contributed by atoms with van der Waals surface area (Å²) in [6.07, 6.45) is 3.40. The fourth-order valence-electron chi connectivity index (χ4n) is 1.15. The Hall–Kier alpha value is -1.84. The van der Waals surface area contributed by atoms with Crippen molar-refractivity contribution in [2.24, 2.45) is 0 Å². The molecular weight excluding hydrogens is 166 g/mol. The summed E-state index contributed by atoms with van der Waals surface area (Å²) in [4.78, 5) is 4.20. The van der Waals surface area contributed by atoms with Gasteiger partial charge in [0.15, 0.2) is 0 Å². The van der Waals surface area contributed by atoms with Crippen LogP contribution in [0.3, 0.4) is 0 Å². The number of rotatable bonds is 2. The average molecular weight is 175 g/mol. The highest BCUT2D eigenvalue weighted by molar-refractivity contribution is 5.61. The zero-order valence-electron chi connectivity index (χ0n) is 7.19. The van der Waals surface area contributed by atoms with Gasteiger partial charge in [-0.2, -0.15) is 5.10 Å². The number of nitrogens with zero attached hydrogens (tertiary/aromatic N) is 2. The second kappa shape index (κ2) is 3.26. The maximum Gasteiger partial charge on any atom is 0.146 e. The highest BCUT2D eigenvalue weighted by Crippen LogP contribution is 2.24. The predicted molar refractivity (Wildman–Crippen MR) is 48.4 cm³/mol. The second-order valence-electron chi connectivity index (χ2n) is 2.52. The minimum Gasteiger partial charge on any atom is -0.494 e. The van der Waals surface area contributed by atoms with Gasteiger partial charge in [-0.1, -0.05) is 0 Å². The van der Waals surface area contributed by atoms with Crippen molar-refractivity contribution >= 4 is 0 Å². The Balaban J connectivity index is 2.51. The number of pyridine rings is 1. The van der Waals surface area contributed by atoms with E-state index >= 15 is 0 Å². The molecule has 1 N–H and O–H groups in total. The molecule has 0 amide bonds. The Bertz CT molecular complexity index is 384. The van der Waals surface area contributed by atoms with Crippen LogP contribution in [0.5, 0.6) is 5.75 Å². The van der Waals surface area contributed by atoms with Crippen molar-refractivity contribution in [2.45, 2.75) is 0 Å². The van der Waals surface area contributed by atoms with E-state index in [4.69, 9.17) is 4.74 Å². The third-order valence-electron chi connectivity index (χ3n) is 1.75. The molecule has 66 valence electrons. The van der Waals surface area contributed by atoms with Crippen LogP contribution in [-0.2, 0) is 0 Å². The molecule has 0 aliphatic rings. The number of methoxy groups -OCH3 is 1. The molecule has 2 aromatic heterocycles. The van der Waals surface area contributed by atoms with E-state index in [-0.39, 0.29) is 0 Å². The third-order valence-corrected chi connectivity index (χ3v) is 1.75. The summed E-state index contributed by atoms with van der Waals surface area (Å²) >= 11 is 0. The van der Waals surface area contributed by atoms with E-state index in [0.29, 0.717) is 0 Å². The molecule has 13 heavy (non-hydrogen) atoms. The number of hydrogen-bond acceptors (Lipinski definition) is 3. The number of hydrogen-bond donors (Lipinski definition) is 1. The van der Waals surface area contributed by atoms with Crippen molar-refractivity contribution in [1.29, 1.82) is 0 Å². The van der Waals surface area contributed by atoms with Crippen LogP contribution in [0.25, 0.3) is 11.4 Å². The van der Waals surface area contributed by atoms with Crippen LogP contribution in [-0.4, -0.2) is 22.3 Å². The third kappa shape index (κ3) is 1.38. The highest BCUT2D eigenvalue weighted by Gasteiger charge is 2.06. The summed E-state index contributed by atoms with van der Waals surface area (Å²) in [6.45, 7) is 0. The molecule has 0 radical (unpaired) electrons. The maximum absolute atomic E-state index is 5.16. The summed E-state index contributed by atoms with van der Waals surface area (Å²) < 4.78 is 5.16. The predicted octanol–water partition coefficient (Wildman–Crippen LogP) is 1.48. The Morgan fingerprint density at radius 3 is 2.92 bits per heavy atom. The molecule has 0 unspecified atom stereocenters. The van der Waals surface area contributed by atoms with E-state index in [0.717, 1.165) is 17.1 Å². The number of ether oxygens (including phenoxy) is 1. The fourth-order valence-corrected chi connectivity index (χ4v) is 1.15. The molecule has 0 saturated carbocycles. The van der Waals surface area contributed by atoms with E-state index in [2.05, 4.69) is 15.2 Å². The van der Waals surface area contributed by atoms with Gasteiger partial charge in [0.05, 0.1) is 12.8 Å². The lowest BCUT2D eigenvalue weighted by Gasteiger charge is -2.03. The maximum atomic E-state index is 5.16. The van der Waals surface area contributed by atoms with Crippen LogP contribution in [0.4, 0.5) is 0 Å². The number of nitrogens with one attached hydrogen (secondary N) is 1. The first-order chi connectivity index (χ1) is 6.42. The van der Waals surface area contributed by atoms with E-state index in [1.165, 1.54) is 0 Å². The van der Waals surface area contributed by atoms with E-state index < -0.39 is 0 Å². The van der Waals surface area contributed by atoms with Crippen LogP contribution in [0.2, 0.25) is 0 Å². The molecule has 2 heterocycles. The highest BCUT2D eigenvalue weighted by atomic mass is 16.5. The molecular formula is C9H9N3O. The van der Waals surface area contributed by atoms with Gasteiger partial charge >= 0.3 is 0 Å². The topological polar surface area (TPSA) is 50.8 Å². The van der Waals surface area contributed by atoms with Crippen LogP contribution < -0.4 is 4.74 Å². The Labute approximate surface area is 75.6 Å². The van der Waals surface area contributed by atoms with Gasteiger partial charge in [-0.3, -0.25) is 10.1 Å². The lowest BCUT2D eigenvalue weighted by atomic mass is 10.2. The van der Waals surface area contributed by atoms with Crippen LogP contribution >= 0.6 is 0 Å². The minimum atomic E-state index is 0.742. The largest absolute Gasteiger partial charge is 0.494 e. The zero-order chi connectivity index (χ0) is 9.10. The fraction of sp³-hybridized carbons (Fsp3) is 0.111. The second-order valence-corrected chi connectivity index (χ2v) is 2.52. The molecule has 4 heteroatoms. The smallest absolute Gasteiger partial charge is 0.146 e. The van der Waals surface area contributed by atoms with Crippen LogP contribution in [0.1, 0.15) is 0 Å². The molecule has 0 atom stereocenters.